The van der Waals surface area contributed by atoms with Crippen molar-refractivity contribution >= 4 is 11.9 Å². The Labute approximate surface area is 126 Å². The summed E-state index contributed by atoms with van der Waals surface area (Å²) in [6, 6.07) is 0. The molecule has 0 aromatic rings. The second kappa shape index (κ2) is 7.25. The van der Waals surface area contributed by atoms with Crippen molar-refractivity contribution in [2.75, 3.05) is 13.2 Å². The molecule has 0 heterocycles. The van der Waals surface area contributed by atoms with Crippen molar-refractivity contribution in [2.24, 2.45) is 29.6 Å². The van der Waals surface area contributed by atoms with Gasteiger partial charge in [-0.15, -0.1) is 0 Å². The van der Waals surface area contributed by atoms with Gasteiger partial charge in [0.05, 0.1) is 11.8 Å². The number of rotatable bonds is 5. The molecule has 2 saturated carbocycles. The Morgan fingerprint density at radius 1 is 1.10 bits per heavy atom. The Morgan fingerprint density at radius 2 is 1.71 bits per heavy atom. The van der Waals surface area contributed by atoms with E-state index in [0.29, 0.717) is 31.2 Å². The normalized spacial score (nSPS) is 36.4. The second-order valence-electron chi connectivity index (χ2n) is 6.86. The minimum Gasteiger partial charge on any atom is -0.481 e. The fourth-order valence-electron chi connectivity index (χ4n) is 4.01. The number of aliphatic carboxylic acids is 1. The van der Waals surface area contributed by atoms with E-state index in [1.54, 1.807) is 0 Å². The van der Waals surface area contributed by atoms with Crippen molar-refractivity contribution in [3.8, 4) is 0 Å². The molecule has 0 spiro atoms. The first kappa shape index (κ1) is 16.3. The van der Waals surface area contributed by atoms with Gasteiger partial charge in [-0.3, -0.25) is 9.59 Å². The highest BCUT2D eigenvalue weighted by Gasteiger charge is 2.41. The fourth-order valence-corrected chi connectivity index (χ4v) is 4.01. The Kier molecular flexibility index (Phi) is 5.62. The number of nitrogens with one attached hydrogen (secondary N) is 1. The van der Waals surface area contributed by atoms with Gasteiger partial charge in [0.1, 0.15) is 0 Å². The standard InChI is InChI=1S/C16H27NO4/c1-10-6-13(14(7-10)16(20)21)15(19)17-8-11-4-2-3-5-12(11)9-18/h10-14,18H,2-9H2,1H3,(H,17,19)(H,20,21)/t10?,11?,12?,13-,14+/m0/s1. The van der Waals surface area contributed by atoms with Crippen LogP contribution in [0.2, 0.25) is 0 Å². The zero-order chi connectivity index (χ0) is 15.4. The molecular formula is C16H27NO4. The third-order valence-corrected chi connectivity index (χ3v) is 5.29. The Balaban J connectivity index is 1.87. The van der Waals surface area contributed by atoms with E-state index in [2.05, 4.69) is 5.32 Å². The molecule has 0 saturated heterocycles. The highest BCUT2D eigenvalue weighted by atomic mass is 16.4. The highest BCUT2D eigenvalue weighted by Crippen LogP contribution is 2.36. The van der Waals surface area contributed by atoms with Crippen LogP contribution in [0.15, 0.2) is 0 Å². The van der Waals surface area contributed by atoms with E-state index < -0.39 is 17.8 Å². The fraction of sp³-hybridized carbons (Fsp3) is 0.875. The summed E-state index contributed by atoms with van der Waals surface area (Å²) in [4.78, 5) is 23.6. The number of carbonyl (C=O) groups is 2. The number of hydrogen-bond donors (Lipinski definition) is 3. The quantitative estimate of drug-likeness (QED) is 0.720. The van der Waals surface area contributed by atoms with Crippen LogP contribution in [0.3, 0.4) is 0 Å². The van der Waals surface area contributed by atoms with Crippen molar-refractivity contribution in [1.82, 2.24) is 5.32 Å². The first-order valence-corrected chi connectivity index (χ1v) is 8.14. The van der Waals surface area contributed by atoms with Gasteiger partial charge >= 0.3 is 5.97 Å². The van der Waals surface area contributed by atoms with Crippen molar-refractivity contribution in [2.45, 2.75) is 45.4 Å². The summed E-state index contributed by atoms with van der Waals surface area (Å²) in [5, 5.41) is 21.6. The van der Waals surface area contributed by atoms with Crippen LogP contribution in [0.1, 0.15) is 45.4 Å². The SMILES string of the molecule is CC1C[C@H](C(=O)NCC2CCCCC2CO)[C@H](C(=O)O)C1. The van der Waals surface area contributed by atoms with E-state index in [4.69, 9.17) is 0 Å². The Morgan fingerprint density at radius 3 is 2.33 bits per heavy atom. The average Bonchev–Trinajstić information content (AvgIpc) is 2.87. The van der Waals surface area contributed by atoms with Crippen molar-refractivity contribution in [3.05, 3.63) is 0 Å². The van der Waals surface area contributed by atoms with E-state index in [0.717, 1.165) is 25.7 Å². The van der Waals surface area contributed by atoms with Crippen molar-refractivity contribution in [1.29, 1.82) is 0 Å². The summed E-state index contributed by atoms with van der Waals surface area (Å²) in [6.07, 6.45) is 5.61. The van der Waals surface area contributed by atoms with Crippen LogP contribution in [0, 0.1) is 29.6 Å². The largest absolute Gasteiger partial charge is 0.481 e. The van der Waals surface area contributed by atoms with Crippen molar-refractivity contribution in [3.63, 3.8) is 0 Å². The molecule has 0 aromatic heterocycles. The third kappa shape index (κ3) is 3.96. The zero-order valence-electron chi connectivity index (χ0n) is 12.8. The van der Waals surface area contributed by atoms with Crippen LogP contribution in [0.5, 0.6) is 0 Å². The number of carboxylic acids is 1. The van der Waals surface area contributed by atoms with E-state index in [9.17, 15) is 19.8 Å². The number of aliphatic hydroxyl groups excluding tert-OH is 1. The van der Waals surface area contributed by atoms with Crippen LogP contribution in [0.25, 0.3) is 0 Å². The maximum absolute atomic E-state index is 12.3. The van der Waals surface area contributed by atoms with Gasteiger partial charge in [-0.05, 0) is 43.4 Å². The van der Waals surface area contributed by atoms with Crippen LogP contribution in [-0.2, 0) is 9.59 Å². The molecule has 5 nitrogen and oxygen atoms in total. The molecule has 21 heavy (non-hydrogen) atoms. The minimum absolute atomic E-state index is 0.117. The summed E-state index contributed by atoms with van der Waals surface area (Å²) in [6.45, 7) is 2.76. The van der Waals surface area contributed by atoms with E-state index in [-0.39, 0.29) is 18.4 Å². The van der Waals surface area contributed by atoms with Gasteiger partial charge in [0.15, 0.2) is 0 Å². The average molecular weight is 297 g/mol. The minimum atomic E-state index is -0.856. The maximum Gasteiger partial charge on any atom is 0.307 e. The lowest BCUT2D eigenvalue weighted by molar-refractivity contribution is -0.146. The summed E-state index contributed by atoms with van der Waals surface area (Å²) in [7, 11) is 0. The first-order chi connectivity index (χ1) is 10.0. The third-order valence-electron chi connectivity index (χ3n) is 5.29. The van der Waals surface area contributed by atoms with Gasteiger partial charge in [-0.1, -0.05) is 19.8 Å². The van der Waals surface area contributed by atoms with Gasteiger partial charge in [-0.2, -0.15) is 0 Å². The monoisotopic (exact) mass is 297 g/mol. The summed E-state index contributed by atoms with van der Waals surface area (Å²) in [5.74, 6) is -1.01. The molecule has 0 radical (unpaired) electrons. The molecular weight excluding hydrogens is 270 g/mol. The number of aliphatic hydroxyl groups is 1. The van der Waals surface area contributed by atoms with Gasteiger partial charge in [0.2, 0.25) is 5.91 Å². The molecule has 0 aliphatic heterocycles. The highest BCUT2D eigenvalue weighted by molar-refractivity contribution is 5.85. The van der Waals surface area contributed by atoms with E-state index in [1.807, 2.05) is 6.92 Å². The Hall–Kier alpha value is -1.10. The predicted molar refractivity (Wildman–Crippen MR) is 78.6 cm³/mol. The molecule has 3 unspecified atom stereocenters. The van der Waals surface area contributed by atoms with Gasteiger partial charge in [0.25, 0.3) is 0 Å². The summed E-state index contributed by atoms with van der Waals surface area (Å²) in [5.41, 5.74) is 0. The molecule has 5 atom stereocenters. The Bertz CT molecular complexity index is 384. The lowest BCUT2D eigenvalue weighted by Crippen LogP contribution is -2.40. The molecule has 120 valence electrons. The molecule has 2 aliphatic rings. The predicted octanol–water partition coefficient (Wildman–Crippen LogP) is 1.65. The van der Waals surface area contributed by atoms with Gasteiger partial charge < -0.3 is 15.5 Å². The molecule has 2 rings (SSSR count). The number of hydrogen-bond acceptors (Lipinski definition) is 3. The van der Waals surface area contributed by atoms with Gasteiger partial charge in [0, 0.05) is 13.2 Å². The number of amides is 1. The smallest absolute Gasteiger partial charge is 0.307 e. The second-order valence-corrected chi connectivity index (χ2v) is 6.86. The van der Waals surface area contributed by atoms with E-state index >= 15 is 0 Å². The zero-order valence-corrected chi connectivity index (χ0v) is 12.8. The molecule has 2 aliphatic carbocycles. The maximum atomic E-state index is 12.3. The lowest BCUT2D eigenvalue weighted by atomic mass is 9.79. The van der Waals surface area contributed by atoms with Crippen LogP contribution in [-0.4, -0.2) is 35.2 Å². The molecule has 1 amide bonds. The summed E-state index contributed by atoms with van der Waals surface area (Å²) >= 11 is 0. The van der Waals surface area contributed by atoms with Crippen LogP contribution < -0.4 is 5.32 Å². The molecule has 2 fully saturated rings. The van der Waals surface area contributed by atoms with Crippen LogP contribution >= 0.6 is 0 Å². The van der Waals surface area contributed by atoms with Gasteiger partial charge in [-0.25, -0.2) is 0 Å². The number of carboxylic acid groups (broad SMARTS) is 1. The summed E-state index contributed by atoms with van der Waals surface area (Å²) < 4.78 is 0. The first-order valence-electron chi connectivity index (χ1n) is 8.14. The molecule has 3 N–H and O–H groups in total. The molecule has 0 aromatic carbocycles. The number of carbonyl (C=O) groups excluding carboxylic acids is 1. The van der Waals surface area contributed by atoms with Crippen LogP contribution in [0.4, 0.5) is 0 Å². The molecule has 0 bridgehead atoms. The molecule has 5 heteroatoms. The lowest BCUT2D eigenvalue weighted by Gasteiger charge is -2.30. The van der Waals surface area contributed by atoms with Crippen molar-refractivity contribution < 1.29 is 19.8 Å². The topological polar surface area (TPSA) is 86.6 Å². The van der Waals surface area contributed by atoms with E-state index in [1.165, 1.54) is 0 Å².